The molecule has 0 aliphatic heterocycles. The van der Waals surface area contributed by atoms with Gasteiger partial charge in [-0.3, -0.25) is 4.79 Å². The van der Waals surface area contributed by atoms with Crippen LogP contribution in [0.15, 0.2) is 24.3 Å². The summed E-state index contributed by atoms with van der Waals surface area (Å²) in [6.07, 6.45) is 4.85. The van der Waals surface area contributed by atoms with E-state index in [9.17, 15) is 9.59 Å². The fourth-order valence-corrected chi connectivity index (χ4v) is 3.36. The van der Waals surface area contributed by atoms with E-state index in [-0.39, 0.29) is 17.2 Å². The van der Waals surface area contributed by atoms with Gasteiger partial charge in [-0.15, -0.1) is 0 Å². The first-order valence-corrected chi connectivity index (χ1v) is 7.78. The Labute approximate surface area is 130 Å². The third-order valence-corrected chi connectivity index (χ3v) is 4.43. The van der Waals surface area contributed by atoms with Crippen molar-refractivity contribution in [1.82, 2.24) is 5.32 Å². The molecule has 118 valence electrons. The van der Waals surface area contributed by atoms with Crippen molar-refractivity contribution in [2.45, 2.75) is 50.2 Å². The Bertz CT molecular complexity index is 547. The van der Waals surface area contributed by atoms with Crippen molar-refractivity contribution in [3.8, 4) is 5.75 Å². The van der Waals surface area contributed by atoms with Crippen molar-refractivity contribution < 1.29 is 19.1 Å². The van der Waals surface area contributed by atoms with E-state index in [0.29, 0.717) is 12.2 Å². The van der Waals surface area contributed by atoms with Gasteiger partial charge in [0.1, 0.15) is 17.6 Å². The van der Waals surface area contributed by atoms with Gasteiger partial charge in [-0.1, -0.05) is 13.3 Å². The first-order chi connectivity index (χ1) is 10.6. The number of hydrogen-bond donors (Lipinski definition) is 1. The number of unbranched alkanes of at least 4 members (excludes halogenated alkanes) is 1. The maximum absolute atomic E-state index is 11.7. The van der Waals surface area contributed by atoms with Gasteiger partial charge in [0, 0.05) is 24.8 Å². The largest absolute Gasteiger partial charge is 0.487 e. The van der Waals surface area contributed by atoms with Crippen LogP contribution in [0, 0.1) is 0 Å². The minimum Gasteiger partial charge on any atom is -0.487 e. The second kappa shape index (κ2) is 5.63. The molecule has 0 spiro atoms. The molecule has 1 amide bonds. The summed E-state index contributed by atoms with van der Waals surface area (Å²) in [6, 6.07) is 7.10. The molecular formula is C17H21NO4. The van der Waals surface area contributed by atoms with Crippen LogP contribution >= 0.6 is 0 Å². The van der Waals surface area contributed by atoms with Gasteiger partial charge in [-0.2, -0.15) is 0 Å². The normalized spacial score (nSPS) is 28.0. The van der Waals surface area contributed by atoms with Crippen molar-refractivity contribution in [2.24, 2.45) is 0 Å². The van der Waals surface area contributed by atoms with E-state index in [0.717, 1.165) is 44.1 Å². The van der Waals surface area contributed by atoms with Crippen molar-refractivity contribution in [3.05, 3.63) is 29.8 Å². The van der Waals surface area contributed by atoms with Crippen molar-refractivity contribution in [3.63, 3.8) is 0 Å². The zero-order valence-electron chi connectivity index (χ0n) is 12.8. The van der Waals surface area contributed by atoms with Gasteiger partial charge >= 0.3 is 6.09 Å². The lowest BCUT2D eigenvalue weighted by Gasteiger charge is -2.68. The van der Waals surface area contributed by atoms with Crippen LogP contribution in [0.1, 0.15) is 49.4 Å². The maximum Gasteiger partial charge on any atom is 0.407 e. The highest BCUT2D eigenvalue weighted by molar-refractivity contribution is 5.74. The molecule has 0 heterocycles. The number of aldehydes is 1. The number of carbonyl (C=O) groups is 2. The lowest BCUT2D eigenvalue weighted by Crippen LogP contribution is -2.80. The summed E-state index contributed by atoms with van der Waals surface area (Å²) in [6.45, 7) is 2.54. The minimum atomic E-state index is -0.322. The van der Waals surface area contributed by atoms with Crippen molar-refractivity contribution in [2.75, 3.05) is 6.61 Å². The smallest absolute Gasteiger partial charge is 0.407 e. The van der Waals surface area contributed by atoms with E-state index in [4.69, 9.17) is 9.47 Å². The Morgan fingerprint density at radius 3 is 2.55 bits per heavy atom. The Morgan fingerprint density at radius 1 is 1.27 bits per heavy atom. The third kappa shape index (κ3) is 2.80. The van der Waals surface area contributed by atoms with Gasteiger partial charge < -0.3 is 14.8 Å². The summed E-state index contributed by atoms with van der Waals surface area (Å²) < 4.78 is 11.1. The number of benzene rings is 1. The third-order valence-electron chi connectivity index (χ3n) is 4.43. The predicted molar refractivity (Wildman–Crippen MR) is 81.2 cm³/mol. The molecule has 22 heavy (non-hydrogen) atoms. The minimum absolute atomic E-state index is 0.133. The summed E-state index contributed by atoms with van der Waals surface area (Å²) in [5.41, 5.74) is 0.351. The molecular weight excluding hydrogens is 282 g/mol. The molecule has 0 unspecified atom stereocenters. The number of amides is 1. The van der Waals surface area contributed by atoms with Crippen LogP contribution in [-0.4, -0.2) is 30.1 Å². The van der Waals surface area contributed by atoms with Gasteiger partial charge in [-0.25, -0.2) is 4.79 Å². The highest BCUT2D eigenvalue weighted by atomic mass is 16.5. The van der Waals surface area contributed by atoms with Gasteiger partial charge in [0.15, 0.2) is 0 Å². The number of ether oxygens (including phenoxy) is 2. The Morgan fingerprint density at radius 2 is 1.95 bits per heavy atom. The molecule has 0 aromatic heterocycles. The second-order valence-corrected chi connectivity index (χ2v) is 6.40. The van der Waals surface area contributed by atoms with E-state index in [1.54, 1.807) is 12.1 Å². The second-order valence-electron chi connectivity index (χ2n) is 6.40. The molecule has 0 atom stereocenters. The average Bonchev–Trinajstić information content (AvgIpc) is 2.45. The van der Waals surface area contributed by atoms with Crippen LogP contribution in [0.3, 0.4) is 0 Å². The topological polar surface area (TPSA) is 64.6 Å². The molecule has 4 rings (SSSR count). The van der Waals surface area contributed by atoms with E-state index >= 15 is 0 Å². The molecule has 2 bridgehead atoms. The highest BCUT2D eigenvalue weighted by Gasteiger charge is 2.71. The monoisotopic (exact) mass is 303 g/mol. The first kappa shape index (κ1) is 14.9. The standard InChI is InChI=1S/C17H21NO4/c1-2-3-8-21-15(20)18-16-10-17(11-16,12-16)22-14-6-4-13(9-19)5-7-14/h4-7,9H,2-3,8,10-12H2,1H3,(H,18,20). The van der Waals surface area contributed by atoms with Crippen LogP contribution in [0.25, 0.3) is 0 Å². The first-order valence-electron chi connectivity index (χ1n) is 7.78. The fourth-order valence-electron chi connectivity index (χ4n) is 3.36. The molecule has 1 aromatic carbocycles. The number of alkyl carbamates (subject to hydrolysis) is 1. The van der Waals surface area contributed by atoms with E-state index in [2.05, 4.69) is 12.2 Å². The molecule has 3 fully saturated rings. The van der Waals surface area contributed by atoms with Gasteiger partial charge in [0.05, 0.1) is 12.1 Å². The molecule has 5 nitrogen and oxygen atoms in total. The zero-order valence-corrected chi connectivity index (χ0v) is 12.8. The Hall–Kier alpha value is -2.04. The van der Waals surface area contributed by atoms with Crippen LogP contribution in [0.4, 0.5) is 4.79 Å². The molecule has 0 radical (unpaired) electrons. The summed E-state index contributed by atoms with van der Waals surface area (Å²) in [4.78, 5) is 22.3. The molecule has 5 heteroatoms. The number of hydrogen-bond acceptors (Lipinski definition) is 4. The summed E-state index contributed by atoms with van der Waals surface area (Å²) in [7, 11) is 0. The van der Waals surface area contributed by atoms with Crippen LogP contribution < -0.4 is 10.1 Å². The van der Waals surface area contributed by atoms with Gasteiger partial charge in [-0.05, 0) is 30.7 Å². The van der Waals surface area contributed by atoms with Crippen LogP contribution in [0.5, 0.6) is 5.75 Å². The fraction of sp³-hybridized carbons (Fsp3) is 0.529. The number of rotatable bonds is 7. The molecule has 3 saturated carbocycles. The Kier molecular flexibility index (Phi) is 3.81. The van der Waals surface area contributed by atoms with Crippen LogP contribution in [-0.2, 0) is 4.74 Å². The summed E-state index contributed by atoms with van der Waals surface area (Å²) in [5.74, 6) is 0.768. The summed E-state index contributed by atoms with van der Waals surface area (Å²) in [5, 5.41) is 2.96. The van der Waals surface area contributed by atoms with Crippen molar-refractivity contribution >= 4 is 12.4 Å². The Balaban J connectivity index is 1.45. The predicted octanol–water partition coefficient (Wildman–Crippen LogP) is 3.08. The zero-order chi connectivity index (χ0) is 15.6. The summed E-state index contributed by atoms with van der Waals surface area (Å²) >= 11 is 0. The number of nitrogens with one attached hydrogen (secondary N) is 1. The van der Waals surface area contributed by atoms with Crippen LogP contribution in [0.2, 0.25) is 0 Å². The average molecular weight is 303 g/mol. The highest BCUT2D eigenvalue weighted by Crippen LogP contribution is 2.62. The molecule has 3 aliphatic carbocycles. The molecule has 1 N–H and O–H groups in total. The molecule has 0 saturated heterocycles. The molecule has 3 aliphatic rings. The lowest BCUT2D eigenvalue weighted by atomic mass is 9.46. The van der Waals surface area contributed by atoms with Crippen molar-refractivity contribution in [1.29, 1.82) is 0 Å². The van der Waals surface area contributed by atoms with Gasteiger partial charge in [0.25, 0.3) is 0 Å². The maximum atomic E-state index is 11.7. The van der Waals surface area contributed by atoms with E-state index in [1.165, 1.54) is 0 Å². The van der Waals surface area contributed by atoms with E-state index in [1.807, 2.05) is 12.1 Å². The molecule has 1 aromatic rings. The van der Waals surface area contributed by atoms with Gasteiger partial charge in [0.2, 0.25) is 0 Å². The quantitative estimate of drug-likeness (QED) is 0.621. The van der Waals surface area contributed by atoms with E-state index < -0.39 is 0 Å². The number of carbonyl (C=O) groups excluding carboxylic acids is 2. The lowest BCUT2D eigenvalue weighted by molar-refractivity contribution is -0.199. The SMILES string of the molecule is CCCCOC(=O)NC12CC(Oc3ccc(C=O)cc3)(C1)C2.